The molecule has 0 spiro atoms. The minimum absolute atomic E-state index is 0.0926. The summed E-state index contributed by atoms with van der Waals surface area (Å²) in [5, 5.41) is 12.1. The van der Waals surface area contributed by atoms with Gasteiger partial charge in [0.25, 0.3) is 5.56 Å². The number of hydrogen-bond donors (Lipinski definition) is 1. The zero-order valence-electron chi connectivity index (χ0n) is 17.1. The number of fused-ring (bicyclic) bond motifs is 1. The monoisotopic (exact) mass is 416 g/mol. The van der Waals surface area contributed by atoms with Crippen LogP contribution in [-0.4, -0.2) is 39.3 Å². The number of ether oxygens (including phenoxy) is 1. The Bertz CT molecular complexity index is 1030. The summed E-state index contributed by atoms with van der Waals surface area (Å²) < 4.78 is 5.89. The Balaban J connectivity index is 2.40. The van der Waals surface area contributed by atoms with Crippen LogP contribution in [0.5, 0.6) is 0 Å². The lowest BCUT2D eigenvalue weighted by Crippen LogP contribution is -2.51. The van der Waals surface area contributed by atoms with Crippen LogP contribution in [0.3, 0.4) is 0 Å². The summed E-state index contributed by atoms with van der Waals surface area (Å²) in [7, 11) is 1.24. The van der Waals surface area contributed by atoms with Crippen LogP contribution in [0, 0.1) is 17.2 Å². The van der Waals surface area contributed by atoms with Gasteiger partial charge in [0.15, 0.2) is 5.16 Å². The van der Waals surface area contributed by atoms with Crippen LogP contribution < -0.4 is 10.9 Å². The molecule has 9 heteroatoms. The van der Waals surface area contributed by atoms with E-state index in [-0.39, 0.29) is 29.1 Å². The van der Waals surface area contributed by atoms with Crippen molar-refractivity contribution >= 4 is 34.5 Å². The third-order valence-electron chi connectivity index (χ3n) is 4.76. The number of thioether (sulfide) groups is 1. The number of carbonyl (C=O) groups is 2. The van der Waals surface area contributed by atoms with Gasteiger partial charge >= 0.3 is 5.97 Å². The number of amides is 1. The maximum atomic E-state index is 12.9. The summed E-state index contributed by atoms with van der Waals surface area (Å²) in [5.74, 6) is -1.05. The molecule has 154 valence electrons. The number of aromatic nitrogens is 2. The molecule has 1 heterocycles. The first kappa shape index (κ1) is 22.4. The number of rotatable bonds is 7. The maximum Gasteiger partial charge on any atom is 0.325 e. The highest BCUT2D eigenvalue weighted by Gasteiger charge is 2.32. The van der Waals surface area contributed by atoms with Crippen molar-refractivity contribution in [3.63, 3.8) is 0 Å². The topological polar surface area (TPSA) is 114 Å². The molecule has 0 aliphatic rings. The predicted octanol–water partition coefficient (Wildman–Crippen LogP) is 2.10. The molecule has 0 bridgehead atoms. The van der Waals surface area contributed by atoms with Gasteiger partial charge in [-0.05, 0) is 31.9 Å². The van der Waals surface area contributed by atoms with E-state index in [9.17, 15) is 19.6 Å². The van der Waals surface area contributed by atoms with Gasteiger partial charge in [-0.15, -0.1) is 0 Å². The number of methoxy groups -OCH3 is 1. The molecule has 0 aliphatic heterocycles. The molecule has 1 N–H and O–H groups in total. The molecule has 29 heavy (non-hydrogen) atoms. The van der Waals surface area contributed by atoms with Gasteiger partial charge < -0.3 is 10.1 Å². The van der Waals surface area contributed by atoms with Crippen molar-refractivity contribution in [3.8, 4) is 6.07 Å². The molecular formula is C20H24N4O4S. The minimum atomic E-state index is -1.02. The van der Waals surface area contributed by atoms with Crippen molar-refractivity contribution in [2.75, 3.05) is 7.11 Å². The van der Waals surface area contributed by atoms with Gasteiger partial charge in [0.05, 0.1) is 29.3 Å². The second-order valence-corrected chi connectivity index (χ2v) is 8.41. The maximum absolute atomic E-state index is 12.9. The number of para-hydroxylation sites is 1. The van der Waals surface area contributed by atoms with E-state index in [0.717, 1.165) is 11.8 Å². The van der Waals surface area contributed by atoms with Gasteiger partial charge in [0.1, 0.15) is 12.1 Å². The lowest BCUT2D eigenvalue weighted by atomic mass is 9.90. The Morgan fingerprint density at radius 3 is 2.59 bits per heavy atom. The van der Waals surface area contributed by atoms with Crippen LogP contribution in [0.25, 0.3) is 10.9 Å². The van der Waals surface area contributed by atoms with Crippen molar-refractivity contribution in [3.05, 3.63) is 34.6 Å². The fourth-order valence-electron chi connectivity index (χ4n) is 2.44. The molecule has 0 saturated heterocycles. The van der Waals surface area contributed by atoms with Gasteiger partial charge in [-0.25, -0.2) is 4.98 Å². The normalized spacial score (nSPS) is 14.1. The summed E-state index contributed by atoms with van der Waals surface area (Å²) in [4.78, 5) is 41.8. The van der Waals surface area contributed by atoms with Crippen molar-refractivity contribution in [1.29, 1.82) is 5.26 Å². The van der Waals surface area contributed by atoms with Crippen LogP contribution in [0.2, 0.25) is 0 Å². The molecule has 0 radical (unpaired) electrons. The number of nitriles is 1. The fourth-order valence-corrected chi connectivity index (χ4v) is 3.35. The largest absolute Gasteiger partial charge is 0.468 e. The van der Waals surface area contributed by atoms with Gasteiger partial charge in [-0.3, -0.25) is 19.0 Å². The number of nitrogens with one attached hydrogen (secondary N) is 1. The van der Waals surface area contributed by atoms with Gasteiger partial charge in [0, 0.05) is 0 Å². The van der Waals surface area contributed by atoms with Crippen LogP contribution in [0.4, 0.5) is 0 Å². The summed E-state index contributed by atoms with van der Waals surface area (Å²) in [6, 6.07) is 8.92. The molecule has 0 aliphatic carbocycles. The summed E-state index contributed by atoms with van der Waals surface area (Å²) in [6.45, 7) is 6.70. The summed E-state index contributed by atoms with van der Waals surface area (Å²) in [5.41, 5.74) is -0.938. The summed E-state index contributed by atoms with van der Waals surface area (Å²) in [6.07, 6.45) is 0. The first-order valence-corrected chi connectivity index (χ1v) is 9.97. The molecule has 0 fully saturated rings. The fraction of sp³-hybridized carbons (Fsp3) is 0.450. The van der Waals surface area contributed by atoms with Crippen LogP contribution in [-0.2, 0) is 20.9 Å². The SMILES string of the molecule is COC(=O)Cn1c(S[C@@H](C)C(=O)N[C@](C)(C#N)C(C)C)nc2ccccc2c1=O. The molecule has 0 unspecified atom stereocenters. The molecule has 8 nitrogen and oxygen atoms in total. The van der Waals surface area contributed by atoms with E-state index < -0.39 is 16.8 Å². The van der Waals surface area contributed by atoms with Crippen LogP contribution in [0.15, 0.2) is 34.2 Å². The van der Waals surface area contributed by atoms with Gasteiger partial charge in [-0.1, -0.05) is 37.7 Å². The van der Waals surface area contributed by atoms with Gasteiger partial charge in [-0.2, -0.15) is 5.26 Å². The predicted molar refractivity (Wildman–Crippen MR) is 110 cm³/mol. The van der Waals surface area contributed by atoms with E-state index in [1.807, 2.05) is 13.8 Å². The van der Waals surface area contributed by atoms with E-state index in [1.165, 1.54) is 11.7 Å². The number of hydrogen-bond acceptors (Lipinski definition) is 7. The lowest BCUT2D eigenvalue weighted by Gasteiger charge is -2.28. The van der Waals surface area contributed by atoms with Gasteiger partial charge in [0.2, 0.25) is 5.91 Å². The Morgan fingerprint density at radius 1 is 1.34 bits per heavy atom. The Morgan fingerprint density at radius 2 is 2.00 bits per heavy atom. The molecule has 2 aromatic rings. The quantitative estimate of drug-likeness (QED) is 0.418. The van der Waals surface area contributed by atoms with E-state index in [2.05, 4.69) is 21.1 Å². The highest BCUT2D eigenvalue weighted by molar-refractivity contribution is 8.00. The van der Waals surface area contributed by atoms with Crippen LogP contribution >= 0.6 is 11.8 Å². The van der Waals surface area contributed by atoms with Crippen molar-refractivity contribution < 1.29 is 14.3 Å². The third kappa shape index (κ3) is 4.95. The second kappa shape index (κ2) is 9.09. The van der Waals surface area contributed by atoms with E-state index in [4.69, 9.17) is 0 Å². The Labute approximate surface area is 173 Å². The van der Waals surface area contributed by atoms with Crippen molar-refractivity contribution in [2.24, 2.45) is 5.92 Å². The number of esters is 1. The van der Waals surface area contributed by atoms with Crippen molar-refractivity contribution in [1.82, 2.24) is 14.9 Å². The average molecular weight is 417 g/mol. The highest BCUT2D eigenvalue weighted by Crippen LogP contribution is 2.24. The average Bonchev–Trinajstić information content (AvgIpc) is 2.70. The molecule has 1 aromatic carbocycles. The molecular weight excluding hydrogens is 392 g/mol. The smallest absolute Gasteiger partial charge is 0.325 e. The molecule has 1 amide bonds. The number of carbonyl (C=O) groups excluding carboxylic acids is 2. The van der Waals surface area contributed by atoms with Crippen LogP contribution in [0.1, 0.15) is 27.7 Å². The highest BCUT2D eigenvalue weighted by atomic mass is 32.2. The standard InChI is InChI=1S/C20H24N4O4S/c1-12(2)20(4,11-21)23-17(26)13(3)29-19-22-15-9-7-6-8-14(15)18(27)24(19)10-16(25)28-5/h6-9,12-13H,10H2,1-5H3,(H,23,26)/t13-,20+/m0/s1. The first-order chi connectivity index (χ1) is 13.6. The Hall–Kier alpha value is -2.86. The molecule has 2 atom stereocenters. The lowest BCUT2D eigenvalue weighted by molar-refractivity contribution is -0.141. The minimum Gasteiger partial charge on any atom is -0.468 e. The van der Waals surface area contributed by atoms with E-state index >= 15 is 0 Å². The van der Waals surface area contributed by atoms with E-state index in [1.54, 1.807) is 38.1 Å². The second-order valence-electron chi connectivity index (χ2n) is 7.10. The Kier molecular flexibility index (Phi) is 7.03. The molecule has 0 saturated carbocycles. The molecule has 2 rings (SSSR count). The summed E-state index contributed by atoms with van der Waals surface area (Å²) >= 11 is 1.05. The number of benzene rings is 1. The first-order valence-electron chi connectivity index (χ1n) is 9.09. The zero-order valence-corrected chi connectivity index (χ0v) is 17.9. The molecule has 1 aromatic heterocycles. The zero-order chi connectivity index (χ0) is 21.8. The number of nitrogens with zero attached hydrogens (tertiary/aromatic N) is 3. The van der Waals surface area contributed by atoms with E-state index in [0.29, 0.717) is 10.9 Å². The third-order valence-corrected chi connectivity index (χ3v) is 5.85. The van der Waals surface area contributed by atoms with Crippen molar-refractivity contribution in [2.45, 2.75) is 50.2 Å².